The van der Waals surface area contributed by atoms with Crippen molar-refractivity contribution in [2.45, 2.75) is 27.7 Å². The standard InChI is InChI=1S/C2H8N2.4C2H4O2.4Fe.4H3N/c3-1-2-4;4*1-2(3)4;;;;;;;;/h1-4H2;4*1H3,(H,3,4);;;;;4*1H3. The van der Waals surface area contributed by atoms with Gasteiger partial charge in [-0.05, 0) is 27.7 Å². The summed E-state index contributed by atoms with van der Waals surface area (Å²) in [5, 5.41) is 35.6. The third kappa shape index (κ3) is 30500. The molecule has 0 bridgehead atoms. The van der Waals surface area contributed by atoms with Crippen LogP contribution in [0.2, 0.25) is 0 Å². The molecule has 0 spiro atoms. The average molecular weight is 592 g/mol. The molecule has 0 saturated carbocycles. The fraction of sp³-hybridized carbons (Fsp3) is 0.600. The summed E-state index contributed by atoms with van der Waals surface area (Å²) in [6, 6.07) is 0. The molecular formula is C10H36Fe4N6O8. The number of carbonyl (C=O) groups excluding carboxylic acids is 4. The molecule has 14 nitrogen and oxygen atoms in total. The molecule has 18 heteroatoms. The Bertz CT molecular complexity index is 216. The van der Waals surface area contributed by atoms with E-state index in [0.29, 0.717) is 13.1 Å². The minimum atomic E-state index is -1.08. The summed E-state index contributed by atoms with van der Waals surface area (Å²) in [5.74, 6) is -4.33. The molecule has 0 amide bonds. The van der Waals surface area contributed by atoms with Gasteiger partial charge in [-0.1, -0.05) is 0 Å². The van der Waals surface area contributed by atoms with Gasteiger partial charge in [-0.2, -0.15) is 0 Å². The third-order valence-electron chi connectivity index (χ3n) is 0.167. The van der Waals surface area contributed by atoms with E-state index in [2.05, 4.69) is 0 Å². The first-order valence-electron chi connectivity index (χ1n) is 4.95. The Morgan fingerprint density at radius 2 is 0.536 bits per heavy atom. The summed E-state index contributed by atoms with van der Waals surface area (Å²) < 4.78 is 0. The topological polar surface area (TPSA) is 359 Å². The van der Waals surface area contributed by atoms with Crippen LogP contribution in [0.3, 0.4) is 0 Å². The van der Waals surface area contributed by atoms with E-state index in [0.717, 1.165) is 27.7 Å². The molecule has 186 valence electrons. The van der Waals surface area contributed by atoms with E-state index in [9.17, 15) is 0 Å². The van der Waals surface area contributed by atoms with E-state index < -0.39 is 23.9 Å². The van der Waals surface area contributed by atoms with Gasteiger partial charge >= 0.3 is 0 Å². The normalized spacial score (nSPS) is 4.64. The smallest absolute Gasteiger partial charge is 0.0383 e. The average Bonchev–Trinajstić information content (AvgIpc) is 2.13. The fourth-order valence-corrected chi connectivity index (χ4v) is 0. The minimum Gasteiger partial charge on any atom is -0.550 e. The molecular weight excluding hydrogens is 556 g/mol. The van der Waals surface area contributed by atoms with Gasteiger partial charge in [-0.3, -0.25) is 0 Å². The van der Waals surface area contributed by atoms with E-state index in [1.807, 2.05) is 0 Å². The van der Waals surface area contributed by atoms with Crippen molar-refractivity contribution in [3.8, 4) is 0 Å². The van der Waals surface area contributed by atoms with Crippen LogP contribution in [-0.2, 0) is 87.5 Å². The van der Waals surface area contributed by atoms with Gasteiger partial charge in [0, 0.05) is 105 Å². The summed E-state index contributed by atoms with van der Waals surface area (Å²) in [7, 11) is 0. The Kier molecular flexibility index (Phi) is 306. The van der Waals surface area contributed by atoms with Crippen molar-refractivity contribution in [2.75, 3.05) is 13.1 Å². The van der Waals surface area contributed by atoms with Crippen LogP contribution in [0.1, 0.15) is 27.7 Å². The Morgan fingerprint density at radius 1 is 0.500 bits per heavy atom. The maximum absolute atomic E-state index is 8.89. The van der Waals surface area contributed by atoms with Crippen molar-refractivity contribution in [1.29, 1.82) is 0 Å². The molecule has 0 aliphatic heterocycles. The van der Waals surface area contributed by atoms with E-state index in [4.69, 9.17) is 51.1 Å². The monoisotopic (exact) mass is 592 g/mol. The molecule has 0 radical (unpaired) electrons. The molecule has 0 atom stereocenters. The van der Waals surface area contributed by atoms with Crippen LogP contribution < -0.4 is 56.5 Å². The predicted octanol–water partition coefficient (Wildman–Crippen LogP) is -4.58. The molecule has 0 heterocycles. The second-order valence-corrected chi connectivity index (χ2v) is 2.54. The number of carboxylic acid groups (broad SMARTS) is 4. The maximum Gasteiger partial charge on any atom is 0.0383 e. The molecule has 0 saturated heterocycles. The number of hydrogen-bond acceptors (Lipinski definition) is 10. The van der Waals surface area contributed by atoms with Crippen molar-refractivity contribution < 1.29 is 108 Å². The van der Waals surface area contributed by atoms with Crippen molar-refractivity contribution in [3.63, 3.8) is 0 Å². The van der Waals surface area contributed by atoms with Crippen molar-refractivity contribution in [3.05, 3.63) is 0 Å². The van der Waals surface area contributed by atoms with Gasteiger partial charge in [-0.15, -0.1) is 0 Å². The number of carboxylic acids is 4. The second kappa shape index (κ2) is 93.9. The predicted molar refractivity (Wildman–Crippen MR) is 84.8 cm³/mol. The van der Waals surface area contributed by atoms with E-state index in [1.54, 1.807) is 0 Å². The molecule has 0 unspecified atom stereocenters. The van der Waals surface area contributed by atoms with Crippen LogP contribution in [0.15, 0.2) is 0 Å². The zero-order chi connectivity index (χ0) is 17.7. The van der Waals surface area contributed by atoms with Gasteiger partial charge in [0.1, 0.15) is 0 Å². The first-order chi connectivity index (χ1) is 8.84. The minimum absolute atomic E-state index is 0. The zero-order valence-electron chi connectivity index (χ0n) is 17.2. The molecule has 0 fully saturated rings. The van der Waals surface area contributed by atoms with Crippen LogP contribution in [0.25, 0.3) is 0 Å². The Hall–Kier alpha value is -0.282. The van der Waals surface area contributed by atoms with Gasteiger partial charge in [0.15, 0.2) is 0 Å². The van der Waals surface area contributed by atoms with Crippen LogP contribution in [0, 0.1) is 0 Å². The largest absolute Gasteiger partial charge is 0.550 e. The first kappa shape index (κ1) is 91.3. The number of rotatable bonds is 1. The van der Waals surface area contributed by atoms with Gasteiger partial charge in [0.05, 0.1) is 0 Å². The summed E-state index contributed by atoms with van der Waals surface area (Å²) in [4.78, 5) is 35.6. The van der Waals surface area contributed by atoms with Gasteiger partial charge in [0.2, 0.25) is 0 Å². The van der Waals surface area contributed by atoms with Gasteiger partial charge in [-0.25, -0.2) is 0 Å². The maximum atomic E-state index is 8.89. The van der Waals surface area contributed by atoms with E-state index in [1.165, 1.54) is 0 Å². The molecule has 0 rings (SSSR count). The van der Waals surface area contributed by atoms with Gasteiger partial charge in [0.25, 0.3) is 0 Å². The van der Waals surface area contributed by atoms with Crippen molar-refractivity contribution in [1.82, 2.24) is 24.6 Å². The Morgan fingerprint density at radius 3 is 0.536 bits per heavy atom. The number of aliphatic carboxylic acids is 4. The molecule has 28 heavy (non-hydrogen) atoms. The van der Waals surface area contributed by atoms with Crippen molar-refractivity contribution in [2.24, 2.45) is 11.5 Å². The number of quaternary nitrogens is 4. The number of hydrogen-bond donors (Lipinski definition) is 6. The van der Waals surface area contributed by atoms with Crippen molar-refractivity contribution >= 4 is 23.9 Å². The number of carbonyl (C=O) groups is 4. The first-order valence-corrected chi connectivity index (χ1v) is 4.95. The second-order valence-electron chi connectivity index (χ2n) is 2.54. The van der Waals surface area contributed by atoms with E-state index >= 15 is 0 Å². The molecule has 0 aliphatic carbocycles. The van der Waals surface area contributed by atoms with E-state index in [-0.39, 0.29) is 92.9 Å². The van der Waals surface area contributed by atoms with Crippen LogP contribution >= 0.6 is 0 Å². The summed E-state index contributed by atoms with van der Waals surface area (Å²) in [5.41, 5.74) is 9.81. The molecule has 0 aromatic carbocycles. The Balaban J connectivity index is -0.00000000852. The summed E-state index contributed by atoms with van der Waals surface area (Å²) in [6.45, 7) is 5.08. The molecule has 0 aromatic rings. The summed E-state index contributed by atoms with van der Waals surface area (Å²) >= 11 is 0. The fourth-order valence-electron chi connectivity index (χ4n) is 0. The summed E-state index contributed by atoms with van der Waals surface area (Å²) in [6.07, 6.45) is 0. The zero-order valence-corrected chi connectivity index (χ0v) is 21.7. The van der Waals surface area contributed by atoms with Gasteiger partial charge < -0.3 is 75.7 Å². The molecule has 0 aliphatic rings. The quantitative estimate of drug-likeness (QED) is 0.158. The number of nitrogens with two attached hydrogens (primary N) is 2. The molecule has 20 N–H and O–H groups in total. The molecule has 0 aromatic heterocycles. The van der Waals surface area contributed by atoms with Crippen LogP contribution in [-0.4, -0.2) is 37.0 Å². The van der Waals surface area contributed by atoms with Crippen LogP contribution in [0.4, 0.5) is 0 Å². The van der Waals surface area contributed by atoms with Crippen LogP contribution in [0.5, 0.6) is 0 Å². The third-order valence-corrected chi connectivity index (χ3v) is 0.167. The Labute approximate surface area is 207 Å². The SMILES string of the molecule is CC(=O)[O-].CC(=O)[O-].CC(=O)[O-].CC(=O)[O-].NCCN.[Fe].[Fe].[Fe].[Fe].[NH4+].[NH4+].[NH4+].[NH4+].